The molecular formula is C33H31FN6O4. The maximum Gasteiger partial charge on any atom is 0.339 e. The van der Waals surface area contributed by atoms with Crippen molar-refractivity contribution < 1.29 is 23.8 Å². The Morgan fingerprint density at radius 3 is 2.66 bits per heavy atom. The Bertz CT molecular complexity index is 2030. The molecule has 0 spiro atoms. The third kappa shape index (κ3) is 4.10. The normalized spacial score (nSPS) is 20.8. The number of nitrogens with one attached hydrogen (secondary N) is 1. The predicted octanol–water partition coefficient (Wildman–Crippen LogP) is 4.70. The summed E-state index contributed by atoms with van der Waals surface area (Å²) in [5.41, 5.74) is 3.71. The van der Waals surface area contributed by atoms with Crippen LogP contribution in [0.3, 0.4) is 0 Å². The van der Waals surface area contributed by atoms with Gasteiger partial charge in [0.2, 0.25) is 0 Å². The fourth-order valence-electron chi connectivity index (χ4n) is 6.82. The van der Waals surface area contributed by atoms with Gasteiger partial charge in [-0.05, 0) is 62.1 Å². The molecule has 224 valence electrons. The van der Waals surface area contributed by atoms with Crippen LogP contribution in [-0.4, -0.2) is 72.8 Å². The lowest BCUT2D eigenvalue weighted by Crippen LogP contribution is -2.40. The number of carboxylic acid groups (broad SMARTS) is 1. The molecule has 1 saturated carbocycles. The van der Waals surface area contributed by atoms with Crippen molar-refractivity contribution in [1.82, 2.24) is 29.3 Å². The minimum absolute atomic E-state index is 0.0310. The Labute approximate surface area is 252 Å². The molecule has 2 N–H and O–H groups in total. The lowest BCUT2D eigenvalue weighted by molar-refractivity contribution is 0.0690. The summed E-state index contributed by atoms with van der Waals surface area (Å²) in [5, 5.41) is 14.0. The smallest absolute Gasteiger partial charge is 0.339 e. The van der Waals surface area contributed by atoms with Crippen molar-refractivity contribution >= 4 is 33.9 Å². The third-order valence-electron chi connectivity index (χ3n) is 9.41. The Hall–Kier alpha value is -4.77. The van der Waals surface area contributed by atoms with Crippen LogP contribution in [0.25, 0.3) is 44.8 Å². The fourth-order valence-corrected chi connectivity index (χ4v) is 6.82. The van der Waals surface area contributed by atoms with E-state index in [9.17, 15) is 19.1 Å². The third-order valence-corrected chi connectivity index (χ3v) is 9.41. The lowest BCUT2D eigenvalue weighted by Gasteiger charge is -2.24. The van der Waals surface area contributed by atoms with E-state index >= 15 is 0 Å². The molecular weight excluding hydrogens is 563 g/mol. The number of rotatable bonds is 7. The second kappa shape index (κ2) is 9.62. The highest BCUT2D eigenvalue weighted by Crippen LogP contribution is 2.39. The number of amides is 1. The largest absolute Gasteiger partial charge is 0.494 e. The molecule has 2 saturated heterocycles. The summed E-state index contributed by atoms with van der Waals surface area (Å²) in [5.74, 6) is -0.412. The molecule has 3 aliphatic rings. The molecule has 0 radical (unpaired) electrons. The number of halogens is 1. The van der Waals surface area contributed by atoms with Crippen LogP contribution in [0.2, 0.25) is 0 Å². The highest BCUT2D eigenvalue weighted by Gasteiger charge is 2.51. The number of ether oxygens (including phenoxy) is 1. The van der Waals surface area contributed by atoms with E-state index in [1.807, 2.05) is 34.7 Å². The number of nitrogens with zero attached hydrogens (tertiary/aromatic N) is 5. The van der Waals surface area contributed by atoms with E-state index < -0.39 is 17.3 Å². The number of aromatic nitrogens is 4. The minimum Gasteiger partial charge on any atom is -0.494 e. The molecule has 3 aromatic heterocycles. The average Bonchev–Trinajstić information content (AvgIpc) is 3.91. The van der Waals surface area contributed by atoms with Crippen molar-refractivity contribution in [2.24, 2.45) is 13.0 Å². The summed E-state index contributed by atoms with van der Waals surface area (Å²) >= 11 is 0. The van der Waals surface area contributed by atoms with Crippen LogP contribution in [0.4, 0.5) is 4.39 Å². The van der Waals surface area contributed by atoms with Gasteiger partial charge in [-0.2, -0.15) is 0 Å². The number of methoxy groups -OCH3 is 1. The van der Waals surface area contributed by atoms with Gasteiger partial charge in [0, 0.05) is 54.8 Å². The number of carbonyl (C=O) groups excluding carboxylic acids is 1. The van der Waals surface area contributed by atoms with Crippen LogP contribution in [-0.2, 0) is 13.6 Å². The van der Waals surface area contributed by atoms with Crippen LogP contribution < -0.4 is 10.1 Å². The standard InChI is InChI=1S/C33H31FN6O4/c1-16-28-24(35-28)15-39(16)32(41)19-11-23-29(26(13-19)44-3)38(2)31(37-23)25-12-18-9-10-22(36-30(18)40(25)14-17-7-8-17)20-5-4-6-21(34)27(20)33(42)43/h4-6,9-13,16-17,24,28,35H,7-8,14-15H2,1-3H3,(H,42,43)/t16?,24?,28-/m0/s1. The highest BCUT2D eigenvalue weighted by atomic mass is 19.1. The van der Waals surface area contributed by atoms with Gasteiger partial charge in [0.05, 0.1) is 24.0 Å². The Kier molecular flexibility index (Phi) is 5.86. The molecule has 11 heteroatoms. The molecule has 2 aromatic carbocycles. The first-order valence-corrected chi connectivity index (χ1v) is 14.9. The first kappa shape index (κ1) is 26.8. The van der Waals surface area contributed by atoms with Crippen molar-refractivity contribution in [2.45, 2.75) is 44.4 Å². The quantitative estimate of drug-likeness (QED) is 0.262. The van der Waals surface area contributed by atoms with Crippen LogP contribution >= 0.6 is 0 Å². The van der Waals surface area contributed by atoms with E-state index in [0.29, 0.717) is 58.5 Å². The van der Waals surface area contributed by atoms with Crippen LogP contribution in [0, 0.1) is 11.7 Å². The summed E-state index contributed by atoms with van der Waals surface area (Å²) in [4.78, 5) is 37.3. The van der Waals surface area contributed by atoms with Gasteiger partial charge in [0.1, 0.15) is 28.3 Å². The number of hydrogen-bond acceptors (Lipinski definition) is 6. The zero-order chi connectivity index (χ0) is 30.4. The molecule has 8 rings (SSSR count). The van der Waals surface area contributed by atoms with Crippen LogP contribution in [0.15, 0.2) is 48.5 Å². The van der Waals surface area contributed by atoms with Gasteiger partial charge in [0.15, 0.2) is 5.82 Å². The number of benzene rings is 2. The number of imidazole rings is 1. The maximum absolute atomic E-state index is 14.5. The maximum atomic E-state index is 14.5. The predicted molar refractivity (Wildman–Crippen MR) is 162 cm³/mol. The molecule has 3 fully saturated rings. The molecule has 10 nitrogen and oxygen atoms in total. The van der Waals surface area contributed by atoms with E-state index in [-0.39, 0.29) is 17.5 Å². The number of carbonyl (C=O) groups is 2. The average molecular weight is 595 g/mol. The first-order valence-electron chi connectivity index (χ1n) is 14.9. The lowest BCUT2D eigenvalue weighted by atomic mass is 10.0. The highest BCUT2D eigenvalue weighted by molar-refractivity contribution is 6.01. The molecule has 2 unspecified atom stereocenters. The molecule has 1 aliphatic carbocycles. The van der Waals surface area contributed by atoms with Gasteiger partial charge in [-0.25, -0.2) is 19.2 Å². The SMILES string of the molecule is COc1cc(C(=O)N2CC3N[C@H]3C2C)cc2nc(-c3cc4ccc(-c5cccc(F)c5C(=O)O)nc4n3CC3CC3)n(C)c12. The van der Waals surface area contributed by atoms with Crippen molar-refractivity contribution in [3.63, 3.8) is 0 Å². The Balaban J connectivity index is 1.26. The van der Waals surface area contributed by atoms with Gasteiger partial charge in [-0.1, -0.05) is 12.1 Å². The number of pyridine rings is 1. The molecule has 3 atom stereocenters. The van der Waals surface area contributed by atoms with Crippen LogP contribution in [0.1, 0.15) is 40.5 Å². The number of likely N-dealkylation sites (tertiary alicyclic amines) is 1. The Morgan fingerprint density at radius 1 is 1.14 bits per heavy atom. The summed E-state index contributed by atoms with van der Waals surface area (Å²) in [7, 11) is 3.53. The number of aromatic carboxylic acids is 1. The van der Waals surface area contributed by atoms with E-state index in [2.05, 4.69) is 16.8 Å². The second-order valence-corrected chi connectivity index (χ2v) is 12.2. The summed E-state index contributed by atoms with van der Waals surface area (Å²) in [6.45, 7) is 3.49. The number of aryl methyl sites for hydroxylation is 1. The van der Waals surface area contributed by atoms with Gasteiger partial charge >= 0.3 is 5.97 Å². The topological polar surface area (TPSA) is 124 Å². The molecule has 0 bridgehead atoms. The number of carboxylic acids is 1. The van der Waals surface area contributed by atoms with Gasteiger partial charge in [-0.3, -0.25) is 4.79 Å². The molecule has 5 aromatic rings. The zero-order valence-electron chi connectivity index (χ0n) is 24.5. The summed E-state index contributed by atoms with van der Waals surface area (Å²) < 4.78 is 24.4. The van der Waals surface area contributed by atoms with Crippen molar-refractivity contribution in [3.8, 4) is 28.5 Å². The van der Waals surface area contributed by atoms with Crippen LogP contribution in [0.5, 0.6) is 5.75 Å². The molecule has 1 amide bonds. The second-order valence-electron chi connectivity index (χ2n) is 12.2. The van der Waals surface area contributed by atoms with Crippen molar-refractivity contribution in [2.75, 3.05) is 13.7 Å². The van der Waals surface area contributed by atoms with Gasteiger partial charge < -0.3 is 29.2 Å². The zero-order valence-corrected chi connectivity index (χ0v) is 24.5. The molecule has 44 heavy (non-hydrogen) atoms. The monoisotopic (exact) mass is 594 g/mol. The van der Waals surface area contributed by atoms with Gasteiger partial charge in [-0.15, -0.1) is 0 Å². The van der Waals surface area contributed by atoms with Crippen molar-refractivity contribution in [3.05, 3.63) is 65.5 Å². The molecule has 2 aliphatic heterocycles. The van der Waals surface area contributed by atoms with E-state index in [0.717, 1.165) is 42.0 Å². The first-order chi connectivity index (χ1) is 21.2. The van der Waals surface area contributed by atoms with E-state index in [1.165, 1.54) is 6.07 Å². The number of hydrogen-bond donors (Lipinski definition) is 2. The number of fused-ring (bicyclic) bond motifs is 3. The number of piperazine rings is 1. The van der Waals surface area contributed by atoms with E-state index in [4.69, 9.17) is 14.7 Å². The van der Waals surface area contributed by atoms with Crippen molar-refractivity contribution in [1.29, 1.82) is 0 Å². The Morgan fingerprint density at radius 2 is 1.95 bits per heavy atom. The van der Waals surface area contributed by atoms with E-state index in [1.54, 1.807) is 25.3 Å². The summed E-state index contributed by atoms with van der Waals surface area (Å²) in [6.07, 6.45) is 2.22. The van der Waals surface area contributed by atoms with Gasteiger partial charge in [0.25, 0.3) is 5.91 Å². The molecule has 5 heterocycles. The fraction of sp³-hybridized carbons (Fsp3) is 0.333. The summed E-state index contributed by atoms with van der Waals surface area (Å²) in [6, 6.07) is 14.4. The minimum atomic E-state index is -1.34.